The molecule has 1 fully saturated rings. The van der Waals surface area contributed by atoms with Gasteiger partial charge >= 0.3 is 0 Å². The maximum absolute atomic E-state index is 5.87. The predicted molar refractivity (Wildman–Crippen MR) is 126 cm³/mol. The Morgan fingerprint density at radius 1 is 1.03 bits per heavy atom. The molecule has 2 aromatic rings. The van der Waals surface area contributed by atoms with Crippen LogP contribution < -0.4 is 10.2 Å². The van der Waals surface area contributed by atoms with Crippen molar-refractivity contribution in [3.8, 4) is 0 Å². The van der Waals surface area contributed by atoms with E-state index < -0.39 is 0 Å². The van der Waals surface area contributed by atoms with Gasteiger partial charge in [0.2, 0.25) is 0 Å². The predicted octanol–water partition coefficient (Wildman–Crippen LogP) is 4.41. The van der Waals surface area contributed by atoms with Crippen LogP contribution in [0.4, 0.5) is 5.69 Å². The van der Waals surface area contributed by atoms with Crippen LogP contribution in [0.2, 0.25) is 0 Å². The molecular weight excluding hydrogens is 378 g/mol. The molecule has 0 atom stereocenters. The fraction of sp³-hybridized carbons (Fsp3) is 0.500. The van der Waals surface area contributed by atoms with Crippen LogP contribution in [0.5, 0.6) is 0 Å². The van der Waals surface area contributed by atoms with Crippen LogP contribution >= 0.6 is 11.8 Å². The molecule has 160 valence electrons. The van der Waals surface area contributed by atoms with Gasteiger partial charge < -0.3 is 19.4 Å². The molecule has 0 aromatic heterocycles. The zero-order valence-electron chi connectivity index (χ0n) is 17.7. The lowest BCUT2D eigenvalue weighted by Crippen LogP contribution is -2.43. The van der Waals surface area contributed by atoms with Crippen LogP contribution in [0, 0.1) is 6.92 Å². The van der Waals surface area contributed by atoms with Crippen LogP contribution in [-0.2, 0) is 11.3 Å². The maximum atomic E-state index is 5.87. The van der Waals surface area contributed by atoms with Crippen molar-refractivity contribution in [2.45, 2.75) is 30.7 Å². The number of aryl methyl sites for hydroxylation is 1. The Labute approximate surface area is 181 Å². The molecule has 0 amide bonds. The molecule has 2 aromatic carbocycles. The van der Waals surface area contributed by atoms with Crippen molar-refractivity contribution in [1.82, 2.24) is 5.32 Å². The lowest BCUT2D eigenvalue weighted by molar-refractivity contribution is -0.870. The third kappa shape index (κ3) is 7.34. The summed E-state index contributed by atoms with van der Waals surface area (Å²) in [6.45, 7) is 8.95. The number of quaternary nitrogens is 1. The SMILES string of the molecule is C.Cc1cc(COCC[N+](C)(C)C)ccc1Sc1ccccc1N1CCNCC1. The average molecular weight is 417 g/mol. The van der Waals surface area contributed by atoms with E-state index >= 15 is 0 Å². The molecule has 3 rings (SSSR count). The summed E-state index contributed by atoms with van der Waals surface area (Å²) in [5.74, 6) is 0. The minimum atomic E-state index is 0. The first kappa shape index (κ1) is 23.7. The average Bonchev–Trinajstić information content (AvgIpc) is 2.68. The molecule has 0 aliphatic carbocycles. The highest BCUT2D eigenvalue weighted by Crippen LogP contribution is 2.37. The van der Waals surface area contributed by atoms with E-state index in [0.29, 0.717) is 6.61 Å². The number of piperazine rings is 1. The van der Waals surface area contributed by atoms with Gasteiger partial charge in [0, 0.05) is 36.0 Å². The molecule has 1 saturated heterocycles. The Kier molecular flexibility index (Phi) is 9.03. The number of anilines is 1. The number of benzene rings is 2. The van der Waals surface area contributed by atoms with E-state index in [1.165, 1.54) is 26.6 Å². The summed E-state index contributed by atoms with van der Waals surface area (Å²) in [6, 6.07) is 15.5. The van der Waals surface area contributed by atoms with E-state index in [4.69, 9.17) is 4.74 Å². The van der Waals surface area contributed by atoms with Gasteiger partial charge in [0.05, 0.1) is 40.0 Å². The van der Waals surface area contributed by atoms with Crippen molar-refractivity contribution < 1.29 is 9.22 Å². The summed E-state index contributed by atoms with van der Waals surface area (Å²) >= 11 is 1.87. The lowest BCUT2D eigenvalue weighted by atomic mass is 10.1. The molecule has 1 N–H and O–H groups in total. The summed E-state index contributed by atoms with van der Waals surface area (Å²) in [4.78, 5) is 5.14. The van der Waals surface area contributed by atoms with Gasteiger partial charge in [-0.25, -0.2) is 0 Å². The number of hydrogen-bond acceptors (Lipinski definition) is 4. The van der Waals surface area contributed by atoms with Crippen LogP contribution in [0.1, 0.15) is 18.6 Å². The minimum Gasteiger partial charge on any atom is -0.371 e. The Balaban J connectivity index is 0.00000300. The van der Waals surface area contributed by atoms with E-state index in [0.717, 1.165) is 43.8 Å². The van der Waals surface area contributed by atoms with E-state index in [1.54, 1.807) is 0 Å². The van der Waals surface area contributed by atoms with Gasteiger partial charge in [-0.1, -0.05) is 43.5 Å². The van der Waals surface area contributed by atoms with Gasteiger partial charge in [-0.2, -0.15) is 0 Å². The van der Waals surface area contributed by atoms with Crippen LogP contribution in [-0.4, -0.2) is 65.0 Å². The van der Waals surface area contributed by atoms with Gasteiger partial charge in [-0.3, -0.25) is 0 Å². The highest BCUT2D eigenvalue weighted by atomic mass is 32.2. The second kappa shape index (κ2) is 11.0. The van der Waals surface area contributed by atoms with E-state index in [1.807, 2.05) is 11.8 Å². The number of para-hydroxylation sites is 1. The van der Waals surface area contributed by atoms with Crippen molar-refractivity contribution in [2.24, 2.45) is 0 Å². The van der Waals surface area contributed by atoms with Crippen LogP contribution in [0.25, 0.3) is 0 Å². The highest BCUT2D eigenvalue weighted by Gasteiger charge is 2.15. The van der Waals surface area contributed by atoms with Crippen molar-refractivity contribution in [1.29, 1.82) is 0 Å². The largest absolute Gasteiger partial charge is 0.371 e. The summed E-state index contributed by atoms with van der Waals surface area (Å²) in [6.07, 6.45) is 0. The first-order valence-electron chi connectivity index (χ1n) is 10.1. The topological polar surface area (TPSA) is 24.5 Å². The van der Waals surface area contributed by atoms with Gasteiger partial charge in [0.25, 0.3) is 0 Å². The second-order valence-corrected chi connectivity index (χ2v) is 9.56. The zero-order chi connectivity index (χ0) is 20.0. The van der Waals surface area contributed by atoms with Crippen molar-refractivity contribution >= 4 is 17.4 Å². The number of likely N-dealkylation sites (N-methyl/N-ethyl adjacent to an activating group) is 1. The summed E-state index contributed by atoms with van der Waals surface area (Å²) in [7, 11) is 6.58. The van der Waals surface area contributed by atoms with Crippen LogP contribution in [0.15, 0.2) is 52.3 Å². The summed E-state index contributed by atoms with van der Waals surface area (Å²) in [5.41, 5.74) is 3.91. The number of nitrogens with zero attached hydrogens (tertiary/aromatic N) is 2. The minimum absolute atomic E-state index is 0. The maximum Gasteiger partial charge on any atom is 0.102 e. The molecule has 4 nitrogen and oxygen atoms in total. The fourth-order valence-corrected chi connectivity index (χ4v) is 4.31. The molecule has 0 spiro atoms. The molecular formula is C24H38N3OS+. The van der Waals surface area contributed by atoms with E-state index in [2.05, 4.69) is 80.7 Å². The third-order valence-corrected chi connectivity index (χ3v) is 6.20. The molecule has 5 heteroatoms. The Morgan fingerprint density at radius 2 is 1.76 bits per heavy atom. The van der Waals surface area contributed by atoms with Crippen molar-refractivity contribution in [3.63, 3.8) is 0 Å². The molecule has 1 aliphatic rings. The Bertz CT molecular complexity index is 767. The number of ether oxygens (including phenoxy) is 1. The molecule has 0 saturated carbocycles. The van der Waals surface area contributed by atoms with Crippen LogP contribution in [0.3, 0.4) is 0 Å². The smallest absolute Gasteiger partial charge is 0.102 e. The summed E-state index contributed by atoms with van der Waals surface area (Å²) < 4.78 is 6.80. The fourth-order valence-electron chi connectivity index (χ4n) is 3.27. The molecule has 1 heterocycles. The van der Waals surface area contributed by atoms with Gasteiger partial charge in [-0.05, 0) is 36.2 Å². The highest BCUT2D eigenvalue weighted by molar-refractivity contribution is 7.99. The van der Waals surface area contributed by atoms with Crippen molar-refractivity contribution in [3.05, 3.63) is 53.6 Å². The lowest BCUT2D eigenvalue weighted by Gasteiger charge is -2.31. The summed E-state index contributed by atoms with van der Waals surface area (Å²) in [5, 5.41) is 3.44. The Morgan fingerprint density at radius 3 is 2.45 bits per heavy atom. The normalized spacial score (nSPS) is 14.6. The van der Waals surface area contributed by atoms with Crippen molar-refractivity contribution in [2.75, 3.05) is 65.4 Å². The number of nitrogens with one attached hydrogen (secondary N) is 1. The number of hydrogen-bond donors (Lipinski definition) is 1. The zero-order valence-corrected chi connectivity index (χ0v) is 18.5. The molecule has 1 aliphatic heterocycles. The van der Waals surface area contributed by atoms with Gasteiger partial charge in [0.1, 0.15) is 6.54 Å². The number of rotatable bonds is 8. The second-order valence-electron chi connectivity index (χ2n) is 8.47. The Hall–Kier alpha value is -1.53. The molecule has 29 heavy (non-hydrogen) atoms. The first-order chi connectivity index (χ1) is 13.4. The third-order valence-electron chi connectivity index (χ3n) is 4.96. The monoisotopic (exact) mass is 416 g/mol. The quantitative estimate of drug-likeness (QED) is 0.509. The van der Waals surface area contributed by atoms with E-state index in [9.17, 15) is 0 Å². The van der Waals surface area contributed by atoms with E-state index in [-0.39, 0.29) is 7.43 Å². The molecule has 0 unspecified atom stereocenters. The van der Waals surface area contributed by atoms with Gasteiger partial charge in [0.15, 0.2) is 0 Å². The first-order valence-corrected chi connectivity index (χ1v) is 10.9. The molecule has 0 bridgehead atoms. The van der Waals surface area contributed by atoms with Gasteiger partial charge in [-0.15, -0.1) is 0 Å². The standard InChI is InChI=1S/C23H34N3OS.CH4/c1-19-17-20(18-27-16-15-26(2,3)4)9-10-22(19)28-23-8-6-5-7-21(23)25-13-11-24-12-14-25;/h5-10,17,24H,11-16,18H2,1-4H3;1H4/q+1;. The molecule has 0 radical (unpaired) electrons.